The number of unbranched alkanes of at least 4 members (excludes halogenated alkanes) is 57. The maximum atomic E-state index is 13.1. The van der Waals surface area contributed by atoms with E-state index in [1.54, 1.807) is 0 Å². The fourth-order valence-electron chi connectivity index (χ4n) is 13.3. The molecule has 618 valence electrons. The van der Waals surface area contributed by atoms with Gasteiger partial charge in [0.2, 0.25) is 0 Å². The number of phosphoric acid groups is 2. The van der Waals surface area contributed by atoms with Gasteiger partial charge >= 0.3 is 39.5 Å². The van der Waals surface area contributed by atoms with Crippen LogP contribution in [0.3, 0.4) is 0 Å². The summed E-state index contributed by atoms with van der Waals surface area (Å²) in [6.45, 7) is 7.30. The summed E-state index contributed by atoms with van der Waals surface area (Å²) in [7, 11) is -9.92. The average molecular weight is 1520 g/mol. The number of carbonyl (C=O) groups is 4. The Morgan fingerprint density at radius 3 is 0.654 bits per heavy atom. The van der Waals surface area contributed by atoms with Crippen LogP contribution in [0.1, 0.15) is 458 Å². The van der Waals surface area contributed by atoms with Gasteiger partial charge in [0.05, 0.1) is 26.4 Å². The lowest BCUT2D eigenvalue weighted by atomic mass is 10.0. The number of esters is 4. The van der Waals surface area contributed by atoms with Crippen molar-refractivity contribution in [3.63, 3.8) is 0 Å². The first-order valence-corrected chi connectivity index (χ1v) is 47.1. The Morgan fingerprint density at radius 1 is 0.260 bits per heavy atom. The fourth-order valence-corrected chi connectivity index (χ4v) is 14.9. The van der Waals surface area contributed by atoms with E-state index in [0.717, 1.165) is 96.3 Å². The fraction of sp³-hybridized carbons (Fsp3) is 0.953. The van der Waals surface area contributed by atoms with Crippen LogP contribution in [0.15, 0.2) is 0 Å². The molecule has 0 aromatic heterocycles. The van der Waals surface area contributed by atoms with Gasteiger partial charge in [0, 0.05) is 25.7 Å². The molecule has 19 heteroatoms. The van der Waals surface area contributed by atoms with Crippen molar-refractivity contribution in [1.82, 2.24) is 0 Å². The molecule has 0 aliphatic rings. The van der Waals surface area contributed by atoms with E-state index in [2.05, 4.69) is 34.6 Å². The zero-order valence-electron chi connectivity index (χ0n) is 68.2. The molecule has 0 aliphatic heterocycles. The highest BCUT2D eigenvalue weighted by atomic mass is 31.2. The number of phosphoric ester groups is 2. The molecular weight excluding hydrogens is 1350 g/mol. The Bertz CT molecular complexity index is 1980. The van der Waals surface area contributed by atoms with Crippen LogP contribution in [0.5, 0.6) is 0 Å². The van der Waals surface area contributed by atoms with Crippen molar-refractivity contribution in [2.45, 2.75) is 477 Å². The number of hydrogen-bond donors (Lipinski definition) is 3. The highest BCUT2D eigenvalue weighted by Gasteiger charge is 2.30. The summed E-state index contributed by atoms with van der Waals surface area (Å²) in [6.07, 6.45) is 71.0. The van der Waals surface area contributed by atoms with Crippen LogP contribution in [-0.4, -0.2) is 96.7 Å². The Morgan fingerprint density at radius 2 is 0.442 bits per heavy atom. The van der Waals surface area contributed by atoms with Crippen molar-refractivity contribution in [3.8, 4) is 0 Å². The maximum Gasteiger partial charge on any atom is 0.472 e. The quantitative estimate of drug-likeness (QED) is 0.0222. The van der Waals surface area contributed by atoms with Crippen LogP contribution in [0, 0.1) is 5.92 Å². The molecule has 0 saturated carbocycles. The minimum absolute atomic E-state index is 0.108. The second kappa shape index (κ2) is 77.8. The molecule has 0 fully saturated rings. The van der Waals surface area contributed by atoms with Gasteiger partial charge in [-0.15, -0.1) is 0 Å². The summed E-state index contributed by atoms with van der Waals surface area (Å²) in [5, 5.41) is 10.7. The molecule has 0 heterocycles. The van der Waals surface area contributed by atoms with Gasteiger partial charge in [-0.1, -0.05) is 407 Å². The summed E-state index contributed by atoms with van der Waals surface area (Å²) in [6, 6.07) is 0. The highest BCUT2D eigenvalue weighted by molar-refractivity contribution is 7.47. The Balaban J connectivity index is 5.22. The highest BCUT2D eigenvalue weighted by Crippen LogP contribution is 2.45. The van der Waals surface area contributed by atoms with E-state index in [4.69, 9.17) is 37.0 Å². The molecule has 0 aromatic carbocycles. The lowest BCUT2D eigenvalue weighted by Gasteiger charge is -2.21. The maximum absolute atomic E-state index is 13.1. The number of hydrogen-bond acceptors (Lipinski definition) is 15. The smallest absolute Gasteiger partial charge is 0.462 e. The van der Waals surface area contributed by atoms with Crippen molar-refractivity contribution in [2.24, 2.45) is 5.92 Å². The van der Waals surface area contributed by atoms with Crippen molar-refractivity contribution >= 4 is 39.5 Å². The van der Waals surface area contributed by atoms with E-state index in [0.29, 0.717) is 31.6 Å². The van der Waals surface area contributed by atoms with Gasteiger partial charge < -0.3 is 33.8 Å². The Labute approximate surface area is 638 Å². The van der Waals surface area contributed by atoms with Gasteiger partial charge in [0.1, 0.15) is 19.3 Å². The van der Waals surface area contributed by atoms with Gasteiger partial charge in [0.25, 0.3) is 0 Å². The third-order valence-corrected chi connectivity index (χ3v) is 21.9. The predicted molar refractivity (Wildman–Crippen MR) is 428 cm³/mol. The van der Waals surface area contributed by atoms with Gasteiger partial charge in [0.15, 0.2) is 12.2 Å². The van der Waals surface area contributed by atoms with Crippen LogP contribution in [0.25, 0.3) is 0 Å². The molecule has 2 unspecified atom stereocenters. The lowest BCUT2D eigenvalue weighted by molar-refractivity contribution is -0.161. The van der Waals surface area contributed by atoms with Crippen molar-refractivity contribution in [3.05, 3.63) is 0 Å². The zero-order valence-corrected chi connectivity index (χ0v) is 70.0. The molecule has 0 radical (unpaired) electrons. The Hall–Kier alpha value is -1.94. The molecule has 5 atom stereocenters. The normalized spacial score (nSPS) is 13.8. The number of ether oxygens (including phenoxy) is 4. The minimum Gasteiger partial charge on any atom is -0.462 e. The van der Waals surface area contributed by atoms with Gasteiger partial charge in [-0.2, -0.15) is 0 Å². The molecule has 0 spiro atoms. The third kappa shape index (κ3) is 78.2. The number of rotatable bonds is 85. The molecule has 0 rings (SSSR count). The number of aliphatic hydroxyl groups excluding tert-OH is 1. The molecule has 3 N–H and O–H groups in total. The summed E-state index contributed by atoms with van der Waals surface area (Å²) in [4.78, 5) is 73.2. The molecule has 0 aliphatic carbocycles. The van der Waals surface area contributed by atoms with Crippen LogP contribution in [-0.2, 0) is 65.4 Å². The topological polar surface area (TPSA) is 237 Å². The minimum atomic E-state index is -4.96. The first-order chi connectivity index (χ1) is 50.5. The van der Waals surface area contributed by atoms with Crippen molar-refractivity contribution < 1.29 is 80.2 Å². The largest absolute Gasteiger partial charge is 0.472 e. The van der Waals surface area contributed by atoms with Crippen LogP contribution >= 0.6 is 15.6 Å². The predicted octanol–water partition coefficient (Wildman–Crippen LogP) is 26.0. The van der Waals surface area contributed by atoms with E-state index in [1.807, 2.05) is 0 Å². The Kier molecular flexibility index (Phi) is 76.3. The number of aliphatic hydroxyl groups is 1. The lowest BCUT2D eigenvalue weighted by Crippen LogP contribution is -2.30. The summed E-state index contributed by atoms with van der Waals surface area (Å²) >= 11 is 0. The first-order valence-electron chi connectivity index (χ1n) is 44.1. The zero-order chi connectivity index (χ0) is 76.2. The molecule has 0 saturated heterocycles. The van der Waals surface area contributed by atoms with Gasteiger partial charge in [-0.05, 0) is 31.6 Å². The van der Waals surface area contributed by atoms with E-state index < -0.39 is 97.5 Å². The third-order valence-electron chi connectivity index (χ3n) is 20.0. The molecular formula is C85H166O17P2. The van der Waals surface area contributed by atoms with Gasteiger partial charge in [-0.25, -0.2) is 9.13 Å². The van der Waals surface area contributed by atoms with Crippen LogP contribution in [0.2, 0.25) is 0 Å². The van der Waals surface area contributed by atoms with Crippen LogP contribution in [0.4, 0.5) is 0 Å². The molecule has 0 aromatic rings. The average Bonchev–Trinajstić information content (AvgIpc) is 0.971. The van der Waals surface area contributed by atoms with E-state index in [1.165, 1.54) is 276 Å². The van der Waals surface area contributed by atoms with E-state index in [-0.39, 0.29) is 25.7 Å². The SMILES string of the molecule is CCCCCCCCCCCCCCCCCCCCCCC(=O)O[C@H](COC(=O)CCCCCCCCCCCCCCCCCCCCC)COP(=O)(O)OC[C@@H](O)COP(=O)(O)OC[C@@H](COC(=O)CCCCCCCCCC(C)C)OC(=O)CCCCCCCCCCCCCCCCC. The van der Waals surface area contributed by atoms with E-state index >= 15 is 0 Å². The summed E-state index contributed by atoms with van der Waals surface area (Å²) in [5.41, 5.74) is 0. The standard InChI is InChI=1S/C85H166O17P2/c1-6-9-12-15-18-21-24-27-30-32-34-36-38-41-44-47-50-55-61-66-71-84(89)101-80(74-95-82(87)68-63-58-53-48-45-42-40-37-35-33-31-28-25-22-19-16-13-10-7-2)76-99-103(91,92)97-72-79(86)73-98-104(93,94)100-77-81(75-96-83(88)69-64-59-56-51-52-57-62-67-78(4)5)102-85(90)70-65-60-54-49-46-43-39-29-26-23-20-17-14-11-8-3/h78-81,86H,6-77H2,1-5H3,(H,91,92)(H,93,94)/t79-,80-,81-/m1/s1. The monoisotopic (exact) mass is 1520 g/mol. The molecule has 0 amide bonds. The number of carbonyl (C=O) groups excluding carboxylic acids is 4. The summed E-state index contributed by atoms with van der Waals surface area (Å²) < 4.78 is 68.8. The van der Waals surface area contributed by atoms with E-state index in [9.17, 15) is 43.2 Å². The van der Waals surface area contributed by atoms with Gasteiger partial charge in [-0.3, -0.25) is 37.3 Å². The second-order valence-corrected chi connectivity index (χ2v) is 34.0. The van der Waals surface area contributed by atoms with Crippen molar-refractivity contribution in [2.75, 3.05) is 39.6 Å². The second-order valence-electron chi connectivity index (χ2n) is 31.1. The first kappa shape index (κ1) is 102. The molecule has 104 heavy (non-hydrogen) atoms. The summed E-state index contributed by atoms with van der Waals surface area (Å²) in [5.74, 6) is -1.40. The molecule has 17 nitrogen and oxygen atoms in total. The molecule has 0 bridgehead atoms. The van der Waals surface area contributed by atoms with Crippen molar-refractivity contribution in [1.29, 1.82) is 0 Å². The van der Waals surface area contributed by atoms with Crippen LogP contribution < -0.4 is 0 Å².